The molecule has 49 heavy (non-hydrogen) atoms. The average Bonchev–Trinajstić information content (AvgIpc) is 3.62. The fourth-order valence-electron chi connectivity index (χ4n) is 8.42. The second-order valence-corrected chi connectivity index (χ2v) is 16.9. The third-order valence-electron chi connectivity index (χ3n) is 10.0. The van der Waals surface area contributed by atoms with Crippen LogP contribution in [0, 0.1) is 17.3 Å². The summed E-state index contributed by atoms with van der Waals surface area (Å²) in [5.41, 5.74) is -1.37. The van der Waals surface area contributed by atoms with Crippen molar-refractivity contribution in [3.8, 4) is 0 Å². The van der Waals surface area contributed by atoms with Crippen LogP contribution in [0.2, 0.25) is 0 Å². The molecule has 270 valence electrons. The Kier molecular flexibility index (Phi) is 11.9. The molecule has 2 bridgehead atoms. The molecule has 1 aromatic carbocycles. The van der Waals surface area contributed by atoms with Crippen molar-refractivity contribution in [2.75, 3.05) is 13.2 Å². The first-order chi connectivity index (χ1) is 22.9. The lowest BCUT2D eigenvalue weighted by Crippen LogP contribution is -2.62. The molecule has 9 atom stereocenters. The Morgan fingerprint density at radius 2 is 1.82 bits per heavy atom. The Balaban J connectivity index is 1.74. The molecule has 3 heterocycles. The van der Waals surface area contributed by atoms with E-state index in [2.05, 4.69) is 55.2 Å². The number of benzene rings is 1. The lowest BCUT2D eigenvalue weighted by Gasteiger charge is -2.46. The fraction of sp³-hybridized carbons (Fsp3) is 0.632. The first kappa shape index (κ1) is 38.8. The first-order valence-corrected chi connectivity index (χ1v) is 18.2. The zero-order valence-electron chi connectivity index (χ0n) is 30.0. The third-order valence-corrected chi connectivity index (χ3v) is 10.9. The van der Waals surface area contributed by atoms with E-state index in [0.717, 1.165) is 0 Å². The molecule has 1 aromatic rings. The first-order valence-electron chi connectivity index (χ1n) is 17.3. The van der Waals surface area contributed by atoms with Crippen LogP contribution in [0.15, 0.2) is 55.6 Å². The Hall–Kier alpha value is -3.02. The predicted molar refractivity (Wildman–Crippen MR) is 191 cm³/mol. The van der Waals surface area contributed by atoms with Crippen molar-refractivity contribution in [2.24, 2.45) is 17.3 Å². The summed E-state index contributed by atoms with van der Waals surface area (Å²) in [5.74, 6) is -3.60. The molecule has 1 spiro atoms. The van der Waals surface area contributed by atoms with Crippen molar-refractivity contribution in [2.45, 2.75) is 120 Å². The van der Waals surface area contributed by atoms with E-state index in [1.165, 1.54) is 4.90 Å². The minimum Gasteiger partial charge on any atom is -0.455 e. The van der Waals surface area contributed by atoms with E-state index in [4.69, 9.17) is 9.47 Å². The van der Waals surface area contributed by atoms with Crippen LogP contribution in [-0.4, -0.2) is 91.9 Å². The van der Waals surface area contributed by atoms with Gasteiger partial charge in [0.1, 0.15) is 17.7 Å². The number of amides is 3. The number of carbonyl (C=O) groups excluding carboxylic acids is 4. The number of likely N-dealkylation sites (tertiary alicyclic amines) is 1. The number of aliphatic hydroxyl groups is 1. The second-order valence-electron chi connectivity index (χ2n) is 15.7. The smallest absolute Gasteiger partial charge is 0.313 e. The molecule has 3 fully saturated rings. The highest BCUT2D eigenvalue weighted by atomic mass is 79.9. The van der Waals surface area contributed by atoms with Crippen molar-refractivity contribution in [3.05, 3.63) is 61.2 Å². The van der Waals surface area contributed by atoms with Crippen LogP contribution in [0.5, 0.6) is 0 Å². The topological polar surface area (TPSA) is 125 Å². The molecule has 3 saturated heterocycles. The summed E-state index contributed by atoms with van der Waals surface area (Å²) in [7, 11) is 0. The number of alkyl halides is 1. The maximum atomic E-state index is 14.9. The Labute approximate surface area is 299 Å². The van der Waals surface area contributed by atoms with Gasteiger partial charge in [0.15, 0.2) is 0 Å². The number of nitrogens with zero attached hydrogens (tertiary/aromatic N) is 2. The summed E-state index contributed by atoms with van der Waals surface area (Å²) in [4.78, 5) is 59.4. The molecule has 10 nitrogen and oxygen atoms in total. The molecule has 0 aromatic heterocycles. The molecule has 3 aliphatic rings. The largest absolute Gasteiger partial charge is 0.455 e. The highest BCUT2D eigenvalue weighted by Gasteiger charge is 2.77. The van der Waals surface area contributed by atoms with E-state index >= 15 is 0 Å². The highest BCUT2D eigenvalue weighted by molar-refractivity contribution is 9.09. The maximum Gasteiger partial charge on any atom is 0.313 e. The fourth-order valence-corrected chi connectivity index (χ4v) is 9.37. The number of esters is 1. The molecule has 11 heteroatoms. The maximum absolute atomic E-state index is 14.9. The standard InChI is InChI=1S/C38H54BrN3O7/c1-10-12-18-27(44)40-24(4)30(25-16-14-13-15-17-25)48-35(47)28-29-33(45)42(23(3)21-43)32(38(29)20-26(39)31(28)49-38)34(46)41(19-11-2)37(8,9)22-36(5,6)7/h10-11,13-17,23-24,26,28-32,43H,1-2,12,18-22H2,3-9H3,(H,40,44)/t23-,24+,26?,28-,29+,30+,31-,32-,38+/m1/s1. The third kappa shape index (κ3) is 7.69. The summed E-state index contributed by atoms with van der Waals surface area (Å²) in [6.45, 7) is 21.3. The van der Waals surface area contributed by atoms with Crippen molar-refractivity contribution >= 4 is 39.6 Å². The van der Waals surface area contributed by atoms with Gasteiger partial charge in [0.2, 0.25) is 17.7 Å². The zero-order valence-corrected chi connectivity index (χ0v) is 31.6. The molecule has 2 N–H and O–H groups in total. The predicted octanol–water partition coefficient (Wildman–Crippen LogP) is 5.10. The van der Waals surface area contributed by atoms with Gasteiger partial charge >= 0.3 is 5.97 Å². The zero-order chi connectivity index (χ0) is 36.5. The number of carbonyl (C=O) groups is 4. The van der Waals surface area contributed by atoms with Crippen LogP contribution in [0.1, 0.15) is 85.8 Å². The minimum absolute atomic E-state index is 0.108. The molecule has 0 radical (unpaired) electrons. The number of nitrogens with one attached hydrogen (secondary N) is 1. The van der Waals surface area contributed by atoms with Gasteiger partial charge < -0.3 is 29.7 Å². The molecule has 4 rings (SSSR count). The van der Waals surface area contributed by atoms with Gasteiger partial charge in [0, 0.05) is 23.3 Å². The number of rotatable bonds is 15. The molecular formula is C38H54BrN3O7. The number of allylic oxidation sites excluding steroid dienone is 1. The number of ether oxygens (including phenoxy) is 2. The summed E-state index contributed by atoms with van der Waals surface area (Å²) in [6.07, 6.45) is 3.51. The quantitative estimate of drug-likeness (QED) is 0.146. The van der Waals surface area contributed by atoms with Crippen molar-refractivity contribution in [3.63, 3.8) is 0 Å². The number of halogens is 1. The van der Waals surface area contributed by atoms with Crippen LogP contribution in [0.3, 0.4) is 0 Å². The van der Waals surface area contributed by atoms with E-state index in [1.807, 2.05) is 44.2 Å². The van der Waals surface area contributed by atoms with Crippen molar-refractivity contribution < 1.29 is 33.8 Å². The van der Waals surface area contributed by atoms with Gasteiger partial charge in [-0.05, 0) is 57.9 Å². The lowest BCUT2D eigenvalue weighted by atomic mass is 9.70. The molecular weight excluding hydrogens is 690 g/mol. The summed E-state index contributed by atoms with van der Waals surface area (Å²) >= 11 is 3.73. The molecule has 3 aliphatic heterocycles. The Bertz CT molecular complexity index is 1410. The van der Waals surface area contributed by atoms with Crippen molar-refractivity contribution in [1.82, 2.24) is 15.1 Å². The van der Waals surface area contributed by atoms with E-state index in [0.29, 0.717) is 24.8 Å². The molecule has 0 saturated carbocycles. The van der Waals surface area contributed by atoms with E-state index < -0.39 is 65.2 Å². The van der Waals surface area contributed by atoms with E-state index in [1.54, 1.807) is 30.9 Å². The minimum atomic E-state index is -1.33. The molecule has 0 aliphatic carbocycles. The van der Waals surface area contributed by atoms with Crippen LogP contribution in [0.4, 0.5) is 0 Å². The second kappa shape index (κ2) is 15.1. The van der Waals surface area contributed by atoms with Gasteiger partial charge in [-0.1, -0.05) is 79.2 Å². The van der Waals surface area contributed by atoms with Crippen LogP contribution >= 0.6 is 15.9 Å². The van der Waals surface area contributed by atoms with E-state index in [-0.39, 0.29) is 41.6 Å². The van der Waals surface area contributed by atoms with Gasteiger partial charge in [0.25, 0.3) is 0 Å². The SMILES string of the molecule is C=CCCC(=O)N[C@@H](C)[C@H](OC(=O)[C@H]1[C@@H]2O[C@@]3(CC2Br)[C@@H]1C(=O)N([C@H](C)CO)[C@@H]3C(=O)N(CC=C)C(C)(C)CC(C)(C)C)c1ccccc1. The monoisotopic (exact) mass is 743 g/mol. The summed E-state index contributed by atoms with van der Waals surface area (Å²) in [6, 6.07) is 6.77. The normalized spacial score (nSPS) is 28.0. The molecule has 1 unspecified atom stereocenters. The number of hydrogen-bond donors (Lipinski definition) is 2. The van der Waals surface area contributed by atoms with Crippen molar-refractivity contribution in [1.29, 1.82) is 0 Å². The summed E-state index contributed by atoms with van der Waals surface area (Å²) < 4.78 is 13.0. The molecule has 3 amide bonds. The van der Waals surface area contributed by atoms with E-state index in [9.17, 15) is 24.3 Å². The van der Waals surface area contributed by atoms with Crippen LogP contribution in [0.25, 0.3) is 0 Å². The van der Waals surface area contributed by atoms with Gasteiger partial charge in [-0.25, -0.2) is 0 Å². The van der Waals surface area contributed by atoms with Gasteiger partial charge in [-0.2, -0.15) is 0 Å². The Morgan fingerprint density at radius 3 is 2.39 bits per heavy atom. The highest BCUT2D eigenvalue weighted by Crippen LogP contribution is 2.61. The van der Waals surface area contributed by atoms with Crippen LogP contribution in [-0.2, 0) is 28.7 Å². The van der Waals surface area contributed by atoms with Gasteiger partial charge in [-0.15, -0.1) is 13.2 Å². The lowest BCUT2D eigenvalue weighted by molar-refractivity contribution is -0.162. The van der Waals surface area contributed by atoms with Crippen LogP contribution < -0.4 is 5.32 Å². The van der Waals surface area contributed by atoms with Gasteiger partial charge in [0.05, 0.1) is 36.6 Å². The number of aliphatic hydroxyl groups excluding tert-OH is 1. The van der Waals surface area contributed by atoms with Gasteiger partial charge in [-0.3, -0.25) is 19.2 Å². The average molecular weight is 745 g/mol. The number of fused-ring (bicyclic) bond motifs is 1. The Morgan fingerprint density at radius 1 is 1.16 bits per heavy atom. The number of hydrogen-bond acceptors (Lipinski definition) is 7. The summed E-state index contributed by atoms with van der Waals surface area (Å²) in [5, 5.41) is 13.3.